The average molecular weight is 350 g/mol. The largest absolute Gasteiger partial charge is 0.340 e. The molecule has 4 nitrogen and oxygen atoms in total. The Balaban J connectivity index is 1.37. The maximum Gasteiger partial charge on any atom is 0.222 e. The zero-order valence-electron chi connectivity index (χ0n) is 15.2. The highest BCUT2D eigenvalue weighted by atomic mass is 32.1. The summed E-state index contributed by atoms with van der Waals surface area (Å²) >= 11 is 1.86. The number of likely N-dealkylation sites (N-methyl/N-ethyl adjacent to an activating group) is 1. The molecule has 0 N–H and O–H groups in total. The van der Waals surface area contributed by atoms with Crippen LogP contribution in [0.2, 0.25) is 0 Å². The van der Waals surface area contributed by atoms with Gasteiger partial charge in [-0.3, -0.25) is 9.69 Å². The number of amides is 1. The molecule has 1 aromatic heterocycles. The number of aryl methyl sites for hydroxylation is 2. The van der Waals surface area contributed by atoms with Crippen molar-refractivity contribution in [2.75, 3.05) is 46.3 Å². The third kappa shape index (κ3) is 4.80. The number of hydrogen-bond acceptors (Lipinski definition) is 4. The Hall–Kier alpha value is -0.910. The van der Waals surface area contributed by atoms with E-state index in [0.29, 0.717) is 18.4 Å². The van der Waals surface area contributed by atoms with Crippen LogP contribution in [-0.2, 0) is 11.2 Å². The molecular weight excluding hydrogens is 318 g/mol. The number of hydrogen-bond donors (Lipinski definition) is 0. The molecule has 1 aromatic rings. The standard InChI is InChI=1S/C19H31N3OS/c1-16-8-9-18(24-16)6-3-7-19(23)22-13-11-21(12-14-22)17-5-4-10-20(2)15-17/h8-9,17H,3-7,10-15H2,1-2H3/t17-/m0/s1. The molecule has 0 radical (unpaired) electrons. The Kier molecular flexibility index (Phi) is 6.31. The average Bonchev–Trinajstić information content (AvgIpc) is 3.00. The van der Waals surface area contributed by atoms with Crippen LogP contribution < -0.4 is 0 Å². The lowest BCUT2D eigenvalue weighted by Gasteiger charge is -2.42. The molecule has 0 bridgehead atoms. The third-order valence-electron chi connectivity index (χ3n) is 5.39. The van der Waals surface area contributed by atoms with Crippen molar-refractivity contribution in [1.82, 2.24) is 14.7 Å². The Morgan fingerprint density at radius 2 is 2.00 bits per heavy atom. The van der Waals surface area contributed by atoms with Gasteiger partial charge in [0.15, 0.2) is 0 Å². The lowest BCUT2D eigenvalue weighted by Crippen LogP contribution is -2.55. The summed E-state index contributed by atoms with van der Waals surface area (Å²) in [5.74, 6) is 0.351. The van der Waals surface area contributed by atoms with Gasteiger partial charge in [-0.05, 0) is 58.3 Å². The van der Waals surface area contributed by atoms with Crippen molar-refractivity contribution in [2.45, 2.75) is 45.1 Å². The van der Waals surface area contributed by atoms with Crippen LogP contribution in [0, 0.1) is 6.92 Å². The van der Waals surface area contributed by atoms with Gasteiger partial charge in [0.1, 0.15) is 0 Å². The fraction of sp³-hybridized carbons (Fsp3) is 0.737. The van der Waals surface area contributed by atoms with E-state index in [-0.39, 0.29) is 0 Å². The van der Waals surface area contributed by atoms with Crippen LogP contribution in [0.4, 0.5) is 0 Å². The third-order valence-corrected chi connectivity index (χ3v) is 6.45. The van der Waals surface area contributed by atoms with E-state index in [1.807, 2.05) is 11.3 Å². The van der Waals surface area contributed by atoms with Crippen LogP contribution in [0.3, 0.4) is 0 Å². The van der Waals surface area contributed by atoms with Gasteiger partial charge in [-0.1, -0.05) is 0 Å². The molecule has 0 aliphatic carbocycles. The highest BCUT2D eigenvalue weighted by Crippen LogP contribution is 2.19. The first-order valence-corrected chi connectivity index (χ1v) is 10.2. The van der Waals surface area contributed by atoms with Crippen molar-refractivity contribution in [3.8, 4) is 0 Å². The van der Waals surface area contributed by atoms with Crippen LogP contribution in [0.1, 0.15) is 35.4 Å². The molecule has 24 heavy (non-hydrogen) atoms. The summed E-state index contributed by atoms with van der Waals surface area (Å²) in [7, 11) is 2.22. The Bertz CT molecular complexity index is 536. The fourth-order valence-electron chi connectivity index (χ4n) is 3.97. The smallest absolute Gasteiger partial charge is 0.222 e. The van der Waals surface area contributed by atoms with Crippen molar-refractivity contribution in [3.63, 3.8) is 0 Å². The van der Waals surface area contributed by atoms with Crippen LogP contribution in [-0.4, -0.2) is 73.0 Å². The van der Waals surface area contributed by atoms with Gasteiger partial charge >= 0.3 is 0 Å². The summed E-state index contributed by atoms with van der Waals surface area (Å²) in [5.41, 5.74) is 0. The molecule has 2 fully saturated rings. The van der Waals surface area contributed by atoms with E-state index >= 15 is 0 Å². The van der Waals surface area contributed by atoms with E-state index in [4.69, 9.17) is 0 Å². The highest BCUT2D eigenvalue weighted by Gasteiger charge is 2.28. The fourth-order valence-corrected chi connectivity index (χ4v) is 4.90. The molecule has 2 aliphatic heterocycles. The van der Waals surface area contributed by atoms with E-state index in [2.05, 4.69) is 40.8 Å². The van der Waals surface area contributed by atoms with E-state index in [9.17, 15) is 4.79 Å². The summed E-state index contributed by atoms with van der Waals surface area (Å²) in [4.78, 5) is 22.3. The molecular formula is C19H31N3OS. The Morgan fingerprint density at radius 1 is 1.21 bits per heavy atom. The molecule has 0 saturated carbocycles. The van der Waals surface area contributed by atoms with Crippen LogP contribution >= 0.6 is 11.3 Å². The molecule has 134 valence electrons. The molecule has 0 unspecified atom stereocenters. The van der Waals surface area contributed by atoms with E-state index < -0.39 is 0 Å². The molecule has 1 amide bonds. The first-order valence-electron chi connectivity index (χ1n) is 9.37. The zero-order valence-corrected chi connectivity index (χ0v) is 16.0. The number of thiophene rings is 1. The van der Waals surface area contributed by atoms with Crippen molar-refractivity contribution in [1.29, 1.82) is 0 Å². The maximum absolute atomic E-state index is 12.4. The summed E-state index contributed by atoms with van der Waals surface area (Å²) < 4.78 is 0. The lowest BCUT2D eigenvalue weighted by molar-refractivity contribution is -0.133. The molecule has 3 rings (SSSR count). The predicted octanol–water partition coefficient (Wildman–Crippen LogP) is 2.62. The Labute approximate surface area is 150 Å². The second-order valence-corrected chi connectivity index (χ2v) is 8.71. The minimum absolute atomic E-state index is 0.351. The summed E-state index contributed by atoms with van der Waals surface area (Å²) in [6.07, 6.45) is 5.34. The van der Waals surface area contributed by atoms with Gasteiger partial charge in [0.2, 0.25) is 5.91 Å². The monoisotopic (exact) mass is 349 g/mol. The maximum atomic E-state index is 12.4. The van der Waals surface area contributed by atoms with Gasteiger partial charge in [-0.2, -0.15) is 0 Å². The van der Waals surface area contributed by atoms with Crippen molar-refractivity contribution >= 4 is 17.2 Å². The van der Waals surface area contributed by atoms with Crippen LogP contribution in [0.5, 0.6) is 0 Å². The molecule has 5 heteroatoms. The highest BCUT2D eigenvalue weighted by molar-refractivity contribution is 7.11. The summed E-state index contributed by atoms with van der Waals surface area (Å²) in [6, 6.07) is 5.07. The number of likely N-dealkylation sites (tertiary alicyclic amines) is 1. The minimum atomic E-state index is 0.351. The van der Waals surface area contributed by atoms with Crippen molar-refractivity contribution < 1.29 is 4.79 Å². The molecule has 2 aliphatic rings. The van der Waals surface area contributed by atoms with E-state index in [1.54, 1.807) is 0 Å². The van der Waals surface area contributed by atoms with Crippen molar-refractivity contribution in [2.24, 2.45) is 0 Å². The molecule has 3 heterocycles. The normalized spacial score (nSPS) is 23.6. The summed E-state index contributed by atoms with van der Waals surface area (Å²) in [5, 5.41) is 0. The number of carbonyl (C=O) groups excluding carboxylic acids is 1. The SMILES string of the molecule is Cc1ccc(CCCC(=O)N2CCN([C@H]3CCCN(C)C3)CC2)s1. The lowest BCUT2D eigenvalue weighted by atomic mass is 10.0. The van der Waals surface area contributed by atoms with Gasteiger partial charge in [-0.15, -0.1) is 11.3 Å². The summed E-state index contributed by atoms with van der Waals surface area (Å²) in [6.45, 7) is 8.49. The van der Waals surface area contributed by atoms with Crippen LogP contribution in [0.15, 0.2) is 12.1 Å². The van der Waals surface area contributed by atoms with Gasteiger partial charge < -0.3 is 9.80 Å². The molecule has 1 atom stereocenters. The number of rotatable bonds is 5. The second-order valence-electron chi connectivity index (χ2n) is 7.34. The first kappa shape index (κ1) is 17.9. The number of piperidine rings is 1. The number of nitrogens with zero attached hydrogens (tertiary/aromatic N) is 3. The van der Waals surface area contributed by atoms with Crippen LogP contribution in [0.25, 0.3) is 0 Å². The number of piperazine rings is 1. The Morgan fingerprint density at radius 3 is 2.67 bits per heavy atom. The van der Waals surface area contributed by atoms with Gasteiger partial charge in [0, 0.05) is 54.9 Å². The molecule has 0 spiro atoms. The van der Waals surface area contributed by atoms with Gasteiger partial charge in [-0.25, -0.2) is 0 Å². The van der Waals surface area contributed by atoms with Gasteiger partial charge in [0.05, 0.1) is 0 Å². The first-order chi connectivity index (χ1) is 11.6. The van der Waals surface area contributed by atoms with Gasteiger partial charge in [0.25, 0.3) is 0 Å². The topological polar surface area (TPSA) is 26.8 Å². The van der Waals surface area contributed by atoms with Crippen molar-refractivity contribution in [3.05, 3.63) is 21.9 Å². The predicted molar refractivity (Wildman–Crippen MR) is 101 cm³/mol. The molecule has 2 saturated heterocycles. The minimum Gasteiger partial charge on any atom is -0.340 e. The molecule has 0 aromatic carbocycles. The quantitative estimate of drug-likeness (QED) is 0.818. The van der Waals surface area contributed by atoms with E-state index in [1.165, 1.54) is 35.7 Å². The van der Waals surface area contributed by atoms with E-state index in [0.717, 1.165) is 39.0 Å². The zero-order chi connectivity index (χ0) is 16.9. The number of carbonyl (C=O) groups is 1. The second kappa shape index (κ2) is 8.45.